The van der Waals surface area contributed by atoms with Crippen LogP contribution in [0.25, 0.3) is 10.2 Å². The van der Waals surface area contributed by atoms with Crippen LogP contribution in [-0.2, 0) is 22.5 Å². The summed E-state index contributed by atoms with van der Waals surface area (Å²) in [6, 6.07) is 11.9. The van der Waals surface area contributed by atoms with Gasteiger partial charge in [-0.25, -0.2) is 0 Å². The number of rotatable bonds is 8. The van der Waals surface area contributed by atoms with Crippen molar-refractivity contribution in [1.29, 1.82) is 0 Å². The molecule has 0 unspecified atom stereocenters. The monoisotopic (exact) mass is 415 g/mol. The first-order valence-corrected chi connectivity index (χ1v) is 9.89. The van der Waals surface area contributed by atoms with Crippen LogP contribution >= 0.6 is 11.3 Å². The van der Waals surface area contributed by atoms with Gasteiger partial charge >= 0.3 is 0 Å². The van der Waals surface area contributed by atoms with Gasteiger partial charge in [0.2, 0.25) is 0 Å². The first kappa shape index (κ1) is 20.7. The standard InChI is InChI=1S/C20H21N3O5S/c1-3-28-11-10-22-17-9-6-15(23(25)26)13-18(17)29-20(22)21-19(24)12-14-4-7-16(27-2)8-5-14/h4-9,13H,3,10-12H2,1-2H3. The van der Waals surface area contributed by atoms with Gasteiger partial charge in [-0.2, -0.15) is 4.99 Å². The van der Waals surface area contributed by atoms with Crippen LogP contribution in [0.5, 0.6) is 5.75 Å². The second-order valence-electron chi connectivity index (χ2n) is 6.17. The molecule has 0 aliphatic rings. The summed E-state index contributed by atoms with van der Waals surface area (Å²) in [5.41, 5.74) is 1.63. The maximum absolute atomic E-state index is 12.5. The Bertz CT molecular complexity index is 1090. The van der Waals surface area contributed by atoms with Crippen LogP contribution in [0, 0.1) is 10.1 Å². The molecule has 2 aromatic carbocycles. The molecule has 152 valence electrons. The van der Waals surface area contributed by atoms with E-state index < -0.39 is 4.92 Å². The largest absolute Gasteiger partial charge is 0.497 e. The number of nitro benzene ring substituents is 1. The molecule has 0 aliphatic carbocycles. The number of aromatic nitrogens is 1. The van der Waals surface area contributed by atoms with Gasteiger partial charge in [-0.15, -0.1) is 0 Å². The van der Waals surface area contributed by atoms with Crippen LogP contribution in [-0.4, -0.2) is 35.7 Å². The normalized spacial score (nSPS) is 11.7. The maximum Gasteiger partial charge on any atom is 0.270 e. The van der Waals surface area contributed by atoms with Crippen molar-refractivity contribution in [3.05, 3.63) is 62.9 Å². The van der Waals surface area contributed by atoms with Gasteiger partial charge in [-0.1, -0.05) is 23.5 Å². The molecule has 1 aromatic heterocycles. The molecule has 0 radical (unpaired) electrons. The van der Waals surface area contributed by atoms with Crippen molar-refractivity contribution < 1.29 is 19.2 Å². The summed E-state index contributed by atoms with van der Waals surface area (Å²) in [7, 11) is 1.59. The number of amides is 1. The zero-order chi connectivity index (χ0) is 20.8. The van der Waals surface area contributed by atoms with Gasteiger partial charge < -0.3 is 14.0 Å². The highest BCUT2D eigenvalue weighted by molar-refractivity contribution is 7.16. The number of methoxy groups -OCH3 is 1. The number of hydrogen-bond donors (Lipinski definition) is 0. The van der Waals surface area contributed by atoms with Gasteiger partial charge in [0.05, 0.1) is 35.3 Å². The van der Waals surface area contributed by atoms with Gasteiger partial charge in [-0.3, -0.25) is 14.9 Å². The van der Waals surface area contributed by atoms with Crippen molar-refractivity contribution in [2.75, 3.05) is 20.3 Å². The van der Waals surface area contributed by atoms with Crippen molar-refractivity contribution in [3.8, 4) is 5.75 Å². The van der Waals surface area contributed by atoms with Gasteiger partial charge in [0, 0.05) is 25.3 Å². The summed E-state index contributed by atoms with van der Waals surface area (Å²) < 4.78 is 13.1. The molecular formula is C20H21N3O5S. The Morgan fingerprint density at radius 1 is 1.24 bits per heavy atom. The summed E-state index contributed by atoms with van der Waals surface area (Å²) in [4.78, 5) is 27.9. The molecule has 0 bridgehead atoms. The molecule has 3 rings (SSSR count). The van der Waals surface area contributed by atoms with E-state index in [0.717, 1.165) is 16.8 Å². The highest BCUT2D eigenvalue weighted by atomic mass is 32.1. The minimum Gasteiger partial charge on any atom is -0.497 e. The fraction of sp³-hybridized carbons (Fsp3) is 0.300. The van der Waals surface area contributed by atoms with Crippen LogP contribution < -0.4 is 9.54 Å². The molecule has 0 saturated heterocycles. The maximum atomic E-state index is 12.5. The lowest BCUT2D eigenvalue weighted by molar-refractivity contribution is -0.384. The minimum atomic E-state index is -0.435. The number of benzene rings is 2. The molecule has 0 atom stereocenters. The second-order valence-corrected chi connectivity index (χ2v) is 7.18. The third-order valence-electron chi connectivity index (χ3n) is 4.28. The van der Waals surface area contributed by atoms with E-state index >= 15 is 0 Å². The number of nitrogens with zero attached hydrogens (tertiary/aromatic N) is 3. The molecule has 8 nitrogen and oxygen atoms in total. The van der Waals surface area contributed by atoms with E-state index in [9.17, 15) is 14.9 Å². The predicted molar refractivity (Wildman–Crippen MR) is 110 cm³/mol. The van der Waals surface area contributed by atoms with E-state index in [4.69, 9.17) is 9.47 Å². The zero-order valence-electron chi connectivity index (χ0n) is 16.2. The van der Waals surface area contributed by atoms with Gasteiger partial charge in [0.25, 0.3) is 11.6 Å². The SMILES string of the molecule is CCOCCn1c(=NC(=O)Cc2ccc(OC)cc2)sc2cc([N+](=O)[O-])ccc21. The molecule has 0 N–H and O–H groups in total. The number of thiazole rings is 1. The highest BCUT2D eigenvalue weighted by Crippen LogP contribution is 2.23. The van der Waals surface area contributed by atoms with Crippen molar-refractivity contribution >= 4 is 33.1 Å². The molecule has 3 aromatic rings. The van der Waals surface area contributed by atoms with Gasteiger partial charge in [0.15, 0.2) is 4.80 Å². The fourth-order valence-electron chi connectivity index (χ4n) is 2.84. The summed E-state index contributed by atoms with van der Waals surface area (Å²) in [6.45, 7) is 3.44. The van der Waals surface area contributed by atoms with E-state index in [1.807, 2.05) is 23.6 Å². The average Bonchev–Trinajstić information content (AvgIpc) is 3.05. The van der Waals surface area contributed by atoms with Crippen LogP contribution in [0.2, 0.25) is 0 Å². The first-order chi connectivity index (χ1) is 14.0. The van der Waals surface area contributed by atoms with E-state index in [1.54, 1.807) is 25.3 Å². The molecule has 9 heteroatoms. The smallest absolute Gasteiger partial charge is 0.270 e. The van der Waals surface area contributed by atoms with Crippen molar-refractivity contribution in [2.45, 2.75) is 19.9 Å². The summed E-state index contributed by atoms with van der Waals surface area (Å²) in [6.07, 6.45) is 0.157. The molecule has 0 spiro atoms. The molecule has 0 saturated carbocycles. The second kappa shape index (κ2) is 9.44. The fourth-order valence-corrected chi connectivity index (χ4v) is 3.95. The van der Waals surface area contributed by atoms with E-state index in [-0.39, 0.29) is 18.0 Å². The van der Waals surface area contributed by atoms with E-state index in [1.165, 1.54) is 23.5 Å². The minimum absolute atomic E-state index is 0.00631. The lowest BCUT2D eigenvalue weighted by Gasteiger charge is -2.05. The van der Waals surface area contributed by atoms with Crippen LogP contribution in [0.4, 0.5) is 5.69 Å². The van der Waals surface area contributed by atoms with Gasteiger partial charge in [0.1, 0.15) is 5.75 Å². The lowest BCUT2D eigenvalue weighted by atomic mass is 10.1. The number of ether oxygens (including phenoxy) is 2. The molecule has 1 amide bonds. The lowest BCUT2D eigenvalue weighted by Crippen LogP contribution is -2.20. The number of carbonyl (C=O) groups is 1. The number of carbonyl (C=O) groups excluding carboxylic acids is 1. The Morgan fingerprint density at radius 3 is 2.66 bits per heavy atom. The number of fused-ring (bicyclic) bond motifs is 1. The van der Waals surface area contributed by atoms with E-state index in [0.29, 0.717) is 29.3 Å². The van der Waals surface area contributed by atoms with Crippen LogP contribution in [0.3, 0.4) is 0 Å². The zero-order valence-corrected chi connectivity index (χ0v) is 17.0. The van der Waals surface area contributed by atoms with Crippen molar-refractivity contribution in [2.24, 2.45) is 4.99 Å². The molecule has 0 fully saturated rings. The molecule has 0 aliphatic heterocycles. The first-order valence-electron chi connectivity index (χ1n) is 9.08. The summed E-state index contributed by atoms with van der Waals surface area (Å²) in [5, 5.41) is 11.1. The third-order valence-corrected chi connectivity index (χ3v) is 5.32. The Labute approximate surface area is 171 Å². The number of hydrogen-bond acceptors (Lipinski definition) is 6. The Hall–Kier alpha value is -3.04. The molecular weight excluding hydrogens is 394 g/mol. The molecule has 29 heavy (non-hydrogen) atoms. The topological polar surface area (TPSA) is 96.0 Å². The van der Waals surface area contributed by atoms with Gasteiger partial charge in [-0.05, 0) is 30.7 Å². The Kier molecular flexibility index (Phi) is 6.73. The summed E-state index contributed by atoms with van der Waals surface area (Å²) >= 11 is 1.25. The number of non-ortho nitro benzene ring substituents is 1. The molecule has 1 heterocycles. The highest BCUT2D eigenvalue weighted by Gasteiger charge is 2.13. The Morgan fingerprint density at radius 2 is 2.00 bits per heavy atom. The van der Waals surface area contributed by atoms with Crippen molar-refractivity contribution in [3.63, 3.8) is 0 Å². The quantitative estimate of drug-likeness (QED) is 0.319. The number of nitro groups is 1. The third kappa shape index (κ3) is 5.07. The Balaban J connectivity index is 1.94. The predicted octanol–water partition coefficient (Wildman–Crippen LogP) is 3.33. The van der Waals surface area contributed by atoms with E-state index in [2.05, 4.69) is 4.99 Å². The van der Waals surface area contributed by atoms with Crippen LogP contribution in [0.1, 0.15) is 12.5 Å². The summed E-state index contributed by atoms with van der Waals surface area (Å²) in [5.74, 6) is 0.430. The van der Waals surface area contributed by atoms with Crippen molar-refractivity contribution in [1.82, 2.24) is 4.57 Å². The average molecular weight is 415 g/mol. The van der Waals surface area contributed by atoms with Crippen LogP contribution in [0.15, 0.2) is 47.5 Å².